The molecule has 11 heteroatoms. The third-order valence-electron chi connectivity index (χ3n) is 3.81. The molecular formula is C21H27N3O6S2. The predicted octanol–water partition coefficient (Wildman–Crippen LogP) is 3.55. The molecule has 0 radical (unpaired) electrons. The summed E-state index contributed by atoms with van der Waals surface area (Å²) in [5, 5.41) is 11.0. The molecule has 3 rings (SSSR count). The van der Waals surface area contributed by atoms with E-state index in [2.05, 4.69) is 29.3 Å². The summed E-state index contributed by atoms with van der Waals surface area (Å²) in [5.41, 5.74) is 2.93. The van der Waals surface area contributed by atoms with Gasteiger partial charge in [0.2, 0.25) is 0 Å². The van der Waals surface area contributed by atoms with E-state index in [-0.39, 0.29) is 9.79 Å². The molecule has 9 nitrogen and oxygen atoms in total. The van der Waals surface area contributed by atoms with E-state index < -0.39 is 20.2 Å². The number of hydrogen-bond acceptors (Lipinski definition) is 7. The molecular weight excluding hydrogens is 454 g/mol. The van der Waals surface area contributed by atoms with Crippen molar-refractivity contribution in [2.24, 2.45) is 5.92 Å². The van der Waals surface area contributed by atoms with Crippen molar-refractivity contribution in [1.82, 2.24) is 15.4 Å². The van der Waals surface area contributed by atoms with Crippen molar-refractivity contribution in [1.29, 1.82) is 0 Å². The van der Waals surface area contributed by atoms with Gasteiger partial charge in [0.25, 0.3) is 20.2 Å². The quantitative estimate of drug-likeness (QED) is 0.534. The molecule has 0 spiro atoms. The summed E-state index contributed by atoms with van der Waals surface area (Å²) in [7, 11) is -8.04. The van der Waals surface area contributed by atoms with E-state index in [1.807, 2.05) is 19.9 Å². The number of rotatable bonds is 4. The van der Waals surface area contributed by atoms with Crippen LogP contribution in [0.25, 0.3) is 0 Å². The summed E-state index contributed by atoms with van der Waals surface area (Å²) in [6.45, 7) is 7.99. The van der Waals surface area contributed by atoms with E-state index >= 15 is 0 Å². The Hall–Kier alpha value is -2.73. The lowest BCUT2D eigenvalue weighted by atomic mass is 10.1. The van der Waals surface area contributed by atoms with E-state index in [1.54, 1.807) is 30.5 Å². The molecule has 0 aliphatic carbocycles. The zero-order chi connectivity index (χ0) is 24.4. The molecule has 0 fully saturated rings. The van der Waals surface area contributed by atoms with E-state index in [0.29, 0.717) is 5.92 Å². The minimum atomic E-state index is -4.02. The minimum Gasteiger partial charge on any atom is -0.282 e. The lowest BCUT2D eigenvalue weighted by molar-refractivity contribution is 0.481. The van der Waals surface area contributed by atoms with Gasteiger partial charge in [-0.15, -0.1) is 10.2 Å². The fourth-order valence-corrected chi connectivity index (χ4v) is 3.17. The molecule has 0 bridgehead atoms. The number of aryl methyl sites for hydroxylation is 2. The van der Waals surface area contributed by atoms with Gasteiger partial charge in [0.15, 0.2) is 0 Å². The molecule has 1 heterocycles. The van der Waals surface area contributed by atoms with E-state index in [9.17, 15) is 16.8 Å². The van der Waals surface area contributed by atoms with Gasteiger partial charge in [0.1, 0.15) is 0 Å². The molecule has 3 aromatic rings. The lowest BCUT2D eigenvalue weighted by Crippen LogP contribution is -1.98. The topological polar surface area (TPSA) is 147 Å². The van der Waals surface area contributed by atoms with Gasteiger partial charge in [-0.25, -0.2) is 0 Å². The standard InChI is InChI=1S/C7H11N3.2C7H8O3S/c1-6(2)5-7-3-4-8-10-9-7;2*1-6-2-4-7(5-3-6)11(8,9)10/h3-4,6H,5H2,1-2H3;2*2-5H,1H3,(H,8,9,10). The molecule has 0 aliphatic rings. The first-order chi connectivity index (χ1) is 14.8. The molecule has 0 amide bonds. The number of benzene rings is 2. The highest BCUT2D eigenvalue weighted by atomic mass is 32.2. The summed E-state index contributed by atoms with van der Waals surface area (Å²) in [6.07, 6.45) is 2.65. The Morgan fingerprint density at radius 2 is 1.16 bits per heavy atom. The van der Waals surface area contributed by atoms with Crippen LogP contribution in [-0.4, -0.2) is 41.4 Å². The second kappa shape index (κ2) is 12.3. The zero-order valence-corrected chi connectivity index (χ0v) is 19.9. The predicted molar refractivity (Wildman–Crippen MR) is 120 cm³/mol. The number of aromatic nitrogens is 3. The number of hydrogen-bond donors (Lipinski definition) is 2. The van der Waals surface area contributed by atoms with Gasteiger partial charge in [-0.05, 0) is 61.7 Å². The van der Waals surface area contributed by atoms with Gasteiger partial charge in [0.05, 0.1) is 21.7 Å². The normalized spacial score (nSPS) is 11.1. The van der Waals surface area contributed by atoms with Gasteiger partial charge in [0, 0.05) is 0 Å². The smallest absolute Gasteiger partial charge is 0.282 e. The minimum absolute atomic E-state index is 0.0666. The van der Waals surface area contributed by atoms with Crippen LogP contribution in [0.1, 0.15) is 30.7 Å². The van der Waals surface area contributed by atoms with Crippen LogP contribution in [0.5, 0.6) is 0 Å². The van der Waals surface area contributed by atoms with E-state index in [4.69, 9.17) is 9.11 Å². The van der Waals surface area contributed by atoms with Crippen LogP contribution in [0.4, 0.5) is 0 Å². The van der Waals surface area contributed by atoms with Gasteiger partial charge in [-0.3, -0.25) is 9.11 Å². The third kappa shape index (κ3) is 11.0. The summed E-state index contributed by atoms with van der Waals surface area (Å²) in [5.74, 6) is 0.636. The average Bonchev–Trinajstić information content (AvgIpc) is 2.68. The summed E-state index contributed by atoms with van der Waals surface area (Å²) >= 11 is 0. The maximum Gasteiger partial charge on any atom is 0.294 e. The van der Waals surface area contributed by atoms with Crippen LogP contribution in [0.2, 0.25) is 0 Å². The second-order valence-corrected chi connectivity index (χ2v) is 10.1. The molecule has 1 aromatic heterocycles. The summed E-state index contributed by atoms with van der Waals surface area (Å²) < 4.78 is 59.1. The summed E-state index contributed by atoms with van der Waals surface area (Å²) in [4.78, 5) is -0.133. The Bertz CT molecular complexity index is 1090. The Labute approximate surface area is 189 Å². The van der Waals surface area contributed by atoms with Crippen LogP contribution in [-0.2, 0) is 26.7 Å². The van der Waals surface area contributed by atoms with Crippen molar-refractivity contribution in [2.45, 2.75) is 43.9 Å². The van der Waals surface area contributed by atoms with Gasteiger partial charge in [-0.1, -0.05) is 49.2 Å². The van der Waals surface area contributed by atoms with Crippen LogP contribution >= 0.6 is 0 Å². The van der Waals surface area contributed by atoms with Crippen molar-refractivity contribution >= 4 is 20.2 Å². The highest BCUT2D eigenvalue weighted by Gasteiger charge is 2.07. The van der Waals surface area contributed by atoms with Crippen molar-refractivity contribution in [2.75, 3.05) is 0 Å². The molecule has 2 N–H and O–H groups in total. The highest BCUT2D eigenvalue weighted by molar-refractivity contribution is 7.86. The molecule has 0 saturated carbocycles. The molecule has 0 saturated heterocycles. The maximum atomic E-state index is 10.5. The second-order valence-electron chi connectivity index (χ2n) is 7.29. The molecule has 0 atom stereocenters. The van der Waals surface area contributed by atoms with Gasteiger partial charge in [-0.2, -0.15) is 16.8 Å². The number of nitrogens with zero attached hydrogens (tertiary/aromatic N) is 3. The van der Waals surface area contributed by atoms with Gasteiger partial charge >= 0.3 is 0 Å². The molecule has 0 aliphatic heterocycles. The fraction of sp³-hybridized carbons (Fsp3) is 0.286. The first-order valence-corrected chi connectivity index (χ1v) is 12.4. The maximum absolute atomic E-state index is 10.5. The fourth-order valence-electron chi connectivity index (χ4n) is 2.21. The van der Waals surface area contributed by atoms with Crippen molar-refractivity contribution < 1.29 is 25.9 Å². The Balaban J connectivity index is 0.000000240. The van der Waals surface area contributed by atoms with Crippen LogP contribution in [0.3, 0.4) is 0 Å². The molecule has 2 aromatic carbocycles. The largest absolute Gasteiger partial charge is 0.294 e. The third-order valence-corrected chi connectivity index (χ3v) is 5.55. The Morgan fingerprint density at radius 3 is 1.44 bits per heavy atom. The SMILES string of the molecule is CC(C)Cc1ccnnn1.Cc1ccc(S(=O)(=O)O)cc1.Cc1ccc(S(=O)(=O)O)cc1. The van der Waals surface area contributed by atoms with Gasteiger partial charge < -0.3 is 0 Å². The Kier molecular flexibility index (Phi) is 10.5. The first-order valence-electron chi connectivity index (χ1n) is 9.50. The van der Waals surface area contributed by atoms with E-state index in [0.717, 1.165) is 23.2 Å². The van der Waals surface area contributed by atoms with Crippen LogP contribution in [0, 0.1) is 19.8 Å². The molecule has 174 valence electrons. The van der Waals surface area contributed by atoms with Crippen molar-refractivity contribution in [3.8, 4) is 0 Å². The summed E-state index contributed by atoms with van der Waals surface area (Å²) in [6, 6.07) is 13.9. The molecule has 32 heavy (non-hydrogen) atoms. The average molecular weight is 482 g/mol. The lowest BCUT2D eigenvalue weighted by Gasteiger charge is -1.99. The monoisotopic (exact) mass is 481 g/mol. The van der Waals surface area contributed by atoms with Crippen molar-refractivity contribution in [3.63, 3.8) is 0 Å². The van der Waals surface area contributed by atoms with Crippen molar-refractivity contribution in [3.05, 3.63) is 77.6 Å². The highest BCUT2D eigenvalue weighted by Crippen LogP contribution is 2.09. The van der Waals surface area contributed by atoms with Crippen LogP contribution < -0.4 is 0 Å². The van der Waals surface area contributed by atoms with E-state index in [1.165, 1.54) is 24.3 Å². The molecule has 0 unspecified atom stereocenters. The Morgan fingerprint density at radius 1 is 0.750 bits per heavy atom. The first kappa shape index (κ1) is 27.3. The van der Waals surface area contributed by atoms with Crippen LogP contribution in [0.15, 0.2) is 70.6 Å². The zero-order valence-electron chi connectivity index (χ0n) is 18.2.